The third-order valence-corrected chi connectivity index (χ3v) is 4.94. The van der Waals surface area contributed by atoms with Crippen LogP contribution in [0.5, 0.6) is 0 Å². The van der Waals surface area contributed by atoms with Gasteiger partial charge in [-0.25, -0.2) is 0 Å². The average molecular weight is 296 g/mol. The lowest BCUT2D eigenvalue weighted by Crippen LogP contribution is -2.53. The molecule has 2 rings (SSSR count). The Morgan fingerprint density at radius 1 is 1.24 bits per heavy atom. The number of amides is 1. The van der Waals surface area contributed by atoms with Gasteiger partial charge < -0.3 is 10.0 Å². The van der Waals surface area contributed by atoms with Crippen molar-refractivity contribution in [3.05, 3.63) is 0 Å². The molecule has 2 fully saturated rings. The summed E-state index contributed by atoms with van der Waals surface area (Å²) >= 11 is 0. The van der Waals surface area contributed by atoms with Gasteiger partial charge in [0.15, 0.2) is 0 Å². The van der Waals surface area contributed by atoms with Gasteiger partial charge >= 0.3 is 5.97 Å². The fraction of sp³-hybridized carbons (Fsp3) is 0.875. The minimum Gasteiger partial charge on any atom is -0.480 e. The summed E-state index contributed by atoms with van der Waals surface area (Å²) in [6.45, 7) is 2.95. The van der Waals surface area contributed by atoms with Crippen molar-refractivity contribution in [3.63, 3.8) is 0 Å². The van der Waals surface area contributed by atoms with E-state index in [9.17, 15) is 9.59 Å². The summed E-state index contributed by atoms with van der Waals surface area (Å²) in [4.78, 5) is 25.6. The second kappa shape index (κ2) is 7.78. The highest BCUT2D eigenvalue weighted by molar-refractivity contribution is 5.80. The smallest absolute Gasteiger partial charge is 0.320 e. The van der Waals surface area contributed by atoms with Crippen molar-refractivity contribution in [2.45, 2.75) is 70.4 Å². The molecule has 0 aromatic heterocycles. The molecular weight excluding hydrogens is 268 g/mol. The fourth-order valence-electron chi connectivity index (χ4n) is 3.85. The zero-order valence-electron chi connectivity index (χ0n) is 13.0. The molecule has 2 N–H and O–H groups in total. The molecule has 1 heterocycles. The van der Waals surface area contributed by atoms with Gasteiger partial charge in [0.05, 0.1) is 6.54 Å². The number of carbonyl (C=O) groups is 2. The van der Waals surface area contributed by atoms with Crippen molar-refractivity contribution in [1.29, 1.82) is 0 Å². The predicted octanol–water partition coefficient (Wildman–Crippen LogP) is 2.01. The Bertz CT molecular complexity index is 371. The highest BCUT2D eigenvalue weighted by Crippen LogP contribution is 2.35. The van der Waals surface area contributed by atoms with Crippen LogP contribution in [0.25, 0.3) is 0 Å². The van der Waals surface area contributed by atoms with E-state index in [0.29, 0.717) is 18.4 Å². The second-order valence-electron chi connectivity index (χ2n) is 6.40. The molecule has 1 amide bonds. The topological polar surface area (TPSA) is 69.6 Å². The predicted molar refractivity (Wildman–Crippen MR) is 81.0 cm³/mol. The average Bonchev–Trinajstić information content (AvgIpc) is 2.50. The van der Waals surface area contributed by atoms with Gasteiger partial charge in [-0.3, -0.25) is 14.9 Å². The number of nitrogens with one attached hydrogen (secondary N) is 1. The van der Waals surface area contributed by atoms with Crippen molar-refractivity contribution >= 4 is 11.9 Å². The Morgan fingerprint density at radius 2 is 1.95 bits per heavy atom. The maximum Gasteiger partial charge on any atom is 0.320 e. The van der Waals surface area contributed by atoms with Crippen LogP contribution in [0.2, 0.25) is 0 Å². The number of hydrogen-bond donors (Lipinski definition) is 2. The molecular formula is C16H28N2O3. The van der Waals surface area contributed by atoms with Crippen LogP contribution in [0.1, 0.15) is 58.3 Å². The van der Waals surface area contributed by atoms with Crippen molar-refractivity contribution in [3.8, 4) is 0 Å². The molecule has 1 saturated heterocycles. The van der Waals surface area contributed by atoms with Gasteiger partial charge in [0, 0.05) is 12.6 Å². The summed E-state index contributed by atoms with van der Waals surface area (Å²) in [5.74, 6) is -0.116. The number of hydrogen-bond acceptors (Lipinski definition) is 3. The van der Waals surface area contributed by atoms with E-state index in [1.807, 2.05) is 11.8 Å². The molecule has 0 aromatic carbocycles. The van der Waals surface area contributed by atoms with Crippen LogP contribution in [-0.4, -0.2) is 47.1 Å². The lowest BCUT2D eigenvalue weighted by atomic mass is 9.78. The van der Waals surface area contributed by atoms with E-state index in [0.717, 1.165) is 25.8 Å². The molecule has 0 aromatic rings. The van der Waals surface area contributed by atoms with Gasteiger partial charge in [-0.1, -0.05) is 26.2 Å². The van der Waals surface area contributed by atoms with Crippen LogP contribution in [0, 0.1) is 5.92 Å². The Morgan fingerprint density at radius 3 is 2.67 bits per heavy atom. The number of carboxylic acids is 1. The summed E-state index contributed by atoms with van der Waals surface area (Å²) < 4.78 is 0. The lowest BCUT2D eigenvalue weighted by Gasteiger charge is -2.44. The molecule has 21 heavy (non-hydrogen) atoms. The van der Waals surface area contributed by atoms with Crippen molar-refractivity contribution in [2.75, 3.05) is 13.1 Å². The van der Waals surface area contributed by atoms with Gasteiger partial charge in [-0.2, -0.15) is 0 Å². The number of carboxylic acid groups (broad SMARTS) is 1. The zero-order valence-corrected chi connectivity index (χ0v) is 13.0. The number of aliphatic carboxylic acids is 1. The minimum absolute atomic E-state index is 0.0777. The maximum atomic E-state index is 12.5. The molecule has 120 valence electrons. The SMILES string of the molecule is CCCC(NCC(=O)N1CCCC2CCCCC21)C(=O)O. The molecule has 0 spiro atoms. The number of carbonyl (C=O) groups excluding carboxylic acids is 1. The Kier molecular flexibility index (Phi) is 6.03. The van der Waals surface area contributed by atoms with E-state index in [1.54, 1.807) is 0 Å². The minimum atomic E-state index is -0.862. The fourth-order valence-corrected chi connectivity index (χ4v) is 3.85. The van der Waals surface area contributed by atoms with Crippen LogP contribution in [0.15, 0.2) is 0 Å². The van der Waals surface area contributed by atoms with Crippen LogP contribution in [0.4, 0.5) is 0 Å². The third kappa shape index (κ3) is 4.19. The molecule has 1 saturated carbocycles. The van der Waals surface area contributed by atoms with Crippen LogP contribution in [0.3, 0.4) is 0 Å². The Hall–Kier alpha value is -1.10. The Labute approximate surface area is 127 Å². The largest absolute Gasteiger partial charge is 0.480 e. The van der Waals surface area contributed by atoms with Crippen LogP contribution in [-0.2, 0) is 9.59 Å². The lowest BCUT2D eigenvalue weighted by molar-refractivity contribution is -0.140. The molecule has 3 unspecified atom stereocenters. The summed E-state index contributed by atoms with van der Waals surface area (Å²) in [7, 11) is 0. The van der Waals surface area contributed by atoms with E-state index in [2.05, 4.69) is 5.32 Å². The second-order valence-corrected chi connectivity index (χ2v) is 6.40. The summed E-state index contributed by atoms with van der Waals surface area (Å²) in [6, 6.07) is -0.206. The van der Waals surface area contributed by atoms with Crippen molar-refractivity contribution in [1.82, 2.24) is 10.2 Å². The van der Waals surface area contributed by atoms with Crippen molar-refractivity contribution in [2.24, 2.45) is 5.92 Å². The highest BCUT2D eigenvalue weighted by Gasteiger charge is 2.35. The van der Waals surface area contributed by atoms with E-state index >= 15 is 0 Å². The molecule has 1 aliphatic heterocycles. The molecule has 0 bridgehead atoms. The van der Waals surface area contributed by atoms with Gasteiger partial charge in [-0.05, 0) is 38.0 Å². The quantitative estimate of drug-likeness (QED) is 0.786. The standard InChI is InChI=1S/C16H28N2O3/c1-2-6-13(16(20)21)17-11-15(19)18-10-5-8-12-7-3-4-9-14(12)18/h12-14,17H,2-11H2,1H3,(H,20,21). The van der Waals surface area contributed by atoms with Gasteiger partial charge in [-0.15, -0.1) is 0 Å². The van der Waals surface area contributed by atoms with Crippen LogP contribution < -0.4 is 5.32 Å². The molecule has 0 radical (unpaired) electrons. The zero-order chi connectivity index (χ0) is 15.2. The van der Waals surface area contributed by atoms with Crippen molar-refractivity contribution < 1.29 is 14.7 Å². The first-order chi connectivity index (χ1) is 10.1. The number of likely N-dealkylation sites (tertiary alicyclic amines) is 1. The molecule has 3 atom stereocenters. The number of piperidine rings is 1. The van der Waals surface area contributed by atoms with Crippen LogP contribution >= 0.6 is 0 Å². The summed E-state index contributed by atoms with van der Waals surface area (Å²) in [5, 5.41) is 12.0. The van der Waals surface area contributed by atoms with Gasteiger partial charge in [0.1, 0.15) is 6.04 Å². The monoisotopic (exact) mass is 296 g/mol. The maximum absolute atomic E-state index is 12.5. The van der Waals surface area contributed by atoms with Gasteiger partial charge in [0.25, 0.3) is 0 Å². The summed E-state index contributed by atoms with van der Waals surface area (Å²) in [6.07, 6.45) is 8.56. The number of nitrogens with zero attached hydrogens (tertiary/aromatic N) is 1. The van der Waals surface area contributed by atoms with E-state index in [-0.39, 0.29) is 12.5 Å². The molecule has 2 aliphatic rings. The number of fused-ring (bicyclic) bond motifs is 1. The first kappa shape index (κ1) is 16.3. The molecule has 5 nitrogen and oxygen atoms in total. The van der Waals surface area contributed by atoms with Gasteiger partial charge in [0.2, 0.25) is 5.91 Å². The van der Waals surface area contributed by atoms with E-state index in [1.165, 1.54) is 25.7 Å². The molecule has 1 aliphatic carbocycles. The third-order valence-electron chi connectivity index (χ3n) is 4.94. The first-order valence-corrected chi connectivity index (χ1v) is 8.39. The normalized spacial score (nSPS) is 27.0. The van der Waals surface area contributed by atoms with E-state index < -0.39 is 12.0 Å². The first-order valence-electron chi connectivity index (χ1n) is 8.39. The number of rotatable bonds is 6. The Balaban J connectivity index is 1.88. The summed E-state index contributed by atoms with van der Waals surface area (Å²) in [5.41, 5.74) is 0. The molecule has 5 heteroatoms. The van der Waals surface area contributed by atoms with E-state index in [4.69, 9.17) is 5.11 Å². The highest BCUT2D eigenvalue weighted by atomic mass is 16.4.